The number of allylic oxidation sites excluding steroid dienone is 3. The summed E-state index contributed by atoms with van der Waals surface area (Å²) in [6.07, 6.45) is 6.33. The van der Waals surface area contributed by atoms with E-state index < -0.39 is 5.97 Å². The van der Waals surface area contributed by atoms with Crippen LogP contribution in [0.25, 0.3) is 0 Å². The van der Waals surface area contributed by atoms with Gasteiger partial charge in [0, 0.05) is 11.3 Å². The van der Waals surface area contributed by atoms with Gasteiger partial charge in [-0.25, -0.2) is 4.79 Å². The Morgan fingerprint density at radius 1 is 1.55 bits per heavy atom. The second-order valence-electron chi connectivity index (χ2n) is 3.37. The van der Waals surface area contributed by atoms with Gasteiger partial charge in [0.25, 0.3) is 0 Å². The van der Waals surface area contributed by atoms with Crippen LogP contribution in [0.15, 0.2) is 42.3 Å². The number of hydrogen-bond acceptors (Lipinski definition) is 6. The highest BCUT2D eigenvalue weighted by atomic mass is 17.1. The van der Waals surface area contributed by atoms with Crippen molar-refractivity contribution in [1.29, 1.82) is 0 Å². The van der Waals surface area contributed by atoms with Gasteiger partial charge in [-0.2, -0.15) is 20.7 Å². The number of aromatic nitrogens is 3. The van der Waals surface area contributed by atoms with Crippen LogP contribution in [0.5, 0.6) is 0 Å². The summed E-state index contributed by atoms with van der Waals surface area (Å²) in [4.78, 5) is 14.5. The van der Waals surface area contributed by atoms with Gasteiger partial charge in [-0.05, 0) is 25.2 Å². The number of nitrogens with zero attached hydrogens (tertiary/aromatic N) is 2. The van der Waals surface area contributed by atoms with Crippen LogP contribution in [0.1, 0.15) is 26.5 Å². The molecule has 7 heteroatoms. The molecule has 1 aromatic rings. The van der Waals surface area contributed by atoms with Crippen LogP contribution in [0.3, 0.4) is 0 Å². The summed E-state index contributed by atoms with van der Waals surface area (Å²) >= 11 is 0. The summed E-state index contributed by atoms with van der Waals surface area (Å²) in [7, 11) is 0. The highest BCUT2D eigenvalue weighted by Gasteiger charge is 2.03. The second-order valence-corrected chi connectivity index (χ2v) is 3.37. The van der Waals surface area contributed by atoms with E-state index in [1.807, 2.05) is 13.8 Å². The molecule has 0 aromatic carbocycles. The van der Waals surface area contributed by atoms with E-state index in [-0.39, 0.29) is 5.57 Å². The van der Waals surface area contributed by atoms with Gasteiger partial charge in [-0.1, -0.05) is 20.4 Å². The summed E-state index contributed by atoms with van der Waals surface area (Å²) in [5.41, 5.74) is 1.71. The van der Waals surface area contributed by atoms with Crippen molar-refractivity contribution in [2.75, 3.05) is 0 Å². The Hall–Kier alpha value is -2.41. The van der Waals surface area contributed by atoms with E-state index >= 15 is 0 Å². The van der Waals surface area contributed by atoms with E-state index in [1.165, 1.54) is 13.0 Å². The molecule has 0 aliphatic rings. The lowest BCUT2D eigenvalue weighted by Gasteiger charge is -2.03. The molecule has 0 fully saturated rings. The molecule has 1 heterocycles. The molecular weight excluding hydrogens is 260 g/mol. The van der Waals surface area contributed by atoms with Crippen molar-refractivity contribution >= 4 is 5.97 Å². The molecule has 0 atom stereocenters. The predicted octanol–water partition coefficient (Wildman–Crippen LogP) is 1.95. The van der Waals surface area contributed by atoms with Crippen LogP contribution in [0.4, 0.5) is 0 Å². The van der Waals surface area contributed by atoms with Gasteiger partial charge in [0.1, 0.15) is 5.69 Å². The highest BCUT2D eigenvalue weighted by Crippen LogP contribution is 2.00. The zero-order valence-corrected chi connectivity index (χ0v) is 11.9. The largest absolute Gasteiger partial charge is 0.379 e. The normalized spacial score (nSPS) is 11.2. The fraction of sp³-hybridized carbons (Fsp3) is 0.308. The lowest BCUT2D eigenvalue weighted by molar-refractivity contribution is -0.229. The molecule has 0 saturated carbocycles. The lowest BCUT2D eigenvalue weighted by Crippen LogP contribution is -2.11. The van der Waals surface area contributed by atoms with Crippen LogP contribution in [-0.4, -0.2) is 26.6 Å². The van der Waals surface area contributed by atoms with E-state index in [1.54, 1.807) is 18.3 Å². The van der Waals surface area contributed by atoms with Gasteiger partial charge in [0.15, 0.2) is 0 Å². The molecule has 0 aliphatic heterocycles. The van der Waals surface area contributed by atoms with Crippen molar-refractivity contribution in [3.8, 4) is 0 Å². The average molecular weight is 280 g/mol. The number of rotatable bonds is 6. The molecule has 0 spiro atoms. The molecule has 0 amide bonds. The van der Waals surface area contributed by atoms with Crippen molar-refractivity contribution in [3.05, 3.63) is 48.0 Å². The Morgan fingerprint density at radius 2 is 2.25 bits per heavy atom. The van der Waals surface area contributed by atoms with Gasteiger partial charge in [-0.15, -0.1) is 0 Å². The summed E-state index contributed by atoms with van der Waals surface area (Å²) in [5, 5.41) is 21.3. The first-order valence-corrected chi connectivity index (χ1v) is 6.12. The third-order valence-corrected chi connectivity index (χ3v) is 2.08. The SMILES string of the molecule is C=C/C(=C\C=C(/C)C(=O)OO)NCc1cn[nH]n1.CC. The van der Waals surface area contributed by atoms with Crippen LogP contribution in [0.2, 0.25) is 0 Å². The maximum atomic E-state index is 10.9. The minimum absolute atomic E-state index is 0.264. The Labute approximate surface area is 118 Å². The second kappa shape index (κ2) is 10.5. The third kappa shape index (κ3) is 6.50. The van der Waals surface area contributed by atoms with Crippen molar-refractivity contribution < 1.29 is 14.9 Å². The zero-order chi connectivity index (χ0) is 15.4. The van der Waals surface area contributed by atoms with Gasteiger partial charge < -0.3 is 5.32 Å². The van der Waals surface area contributed by atoms with Gasteiger partial charge >= 0.3 is 5.97 Å². The summed E-state index contributed by atoms with van der Waals surface area (Å²) in [6.45, 7) is 9.63. The molecule has 1 rings (SSSR count). The minimum Gasteiger partial charge on any atom is -0.379 e. The summed E-state index contributed by atoms with van der Waals surface area (Å²) < 4.78 is 0. The molecule has 1 aromatic heterocycles. The van der Waals surface area contributed by atoms with Gasteiger partial charge in [-0.3, -0.25) is 4.89 Å². The van der Waals surface area contributed by atoms with E-state index in [9.17, 15) is 4.79 Å². The molecule has 0 saturated heterocycles. The van der Waals surface area contributed by atoms with Crippen LogP contribution in [-0.2, 0) is 16.2 Å². The first kappa shape index (κ1) is 17.6. The Kier molecular flexibility index (Phi) is 9.24. The number of carbonyl (C=O) groups is 1. The molecule has 110 valence electrons. The molecule has 20 heavy (non-hydrogen) atoms. The summed E-state index contributed by atoms with van der Waals surface area (Å²) in [5.74, 6) is -0.800. The maximum absolute atomic E-state index is 10.9. The predicted molar refractivity (Wildman–Crippen MR) is 75.3 cm³/mol. The number of carbonyl (C=O) groups excluding carboxylic acids is 1. The Bertz CT molecular complexity index is 464. The average Bonchev–Trinajstić information content (AvgIpc) is 3.01. The molecule has 7 nitrogen and oxygen atoms in total. The highest BCUT2D eigenvalue weighted by molar-refractivity contribution is 5.87. The fourth-order valence-electron chi connectivity index (χ4n) is 1.06. The van der Waals surface area contributed by atoms with Crippen molar-refractivity contribution in [1.82, 2.24) is 20.7 Å². The van der Waals surface area contributed by atoms with E-state index in [2.05, 4.69) is 32.2 Å². The van der Waals surface area contributed by atoms with Gasteiger partial charge in [0.2, 0.25) is 0 Å². The fourth-order valence-corrected chi connectivity index (χ4v) is 1.06. The number of aromatic amines is 1. The van der Waals surface area contributed by atoms with Crippen LogP contribution < -0.4 is 5.32 Å². The molecule has 3 N–H and O–H groups in total. The molecular formula is C13H20N4O3. The quantitative estimate of drug-likeness (QED) is 0.319. The monoisotopic (exact) mass is 280 g/mol. The number of H-pyrrole nitrogens is 1. The first-order valence-electron chi connectivity index (χ1n) is 6.12. The smallest absolute Gasteiger partial charge is 0.368 e. The standard InChI is InChI=1S/C11H14N4O3.C2H6/c1-3-9(5-4-8(2)11(16)18-17)12-6-10-7-13-15-14-10;1-2/h3-5,7,12,17H,1,6H2,2H3,(H,13,14,15);1-2H3/b8-4+,9-5+;. The van der Waals surface area contributed by atoms with Crippen LogP contribution >= 0.6 is 0 Å². The third-order valence-electron chi connectivity index (χ3n) is 2.08. The number of nitrogens with one attached hydrogen (secondary N) is 2. The molecule has 0 radical (unpaired) electrons. The lowest BCUT2D eigenvalue weighted by atomic mass is 10.2. The van der Waals surface area contributed by atoms with E-state index in [4.69, 9.17) is 5.26 Å². The van der Waals surface area contributed by atoms with Crippen molar-refractivity contribution in [2.45, 2.75) is 27.3 Å². The molecule has 0 aliphatic carbocycles. The van der Waals surface area contributed by atoms with Gasteiger partial charge in [0.05, 0.1) is 12.7 Å². The zero-order valence-electron chi connectivity index (χ0n) is 11.9. The van der Waals surface area contributed by atoms with Crippen LogP contribution in [0, 0.1) is 0 Å². The molecule has 0 bridgehead atoms. The molecule has 0 unspecified atom stereocenters. The topological polar surface area (TPSA) is 100 Å². The Morgan fingerprint density at radius 3 is 2.75 bits per heavy atom. The minimum atomic E-state index is -0.800. The first-order chi connectivity index (χ1) is 9.67. The maximum Gasteiger partial charge on any atom is 0.368 e. The number of hydrogen-bond donors (Lipinski definition) is 3. The summed E-state index contributed by atoms with van der Waals surface area (Å²) in [6, 6.07) is 0. The Balaban J connectivity index is 0.00000172. The van der Waals surface area contributed by atoms with E-state index in [0.29, 0.717) is 12.2 Å². The van der Waals surface area contributed by atoms with Crippen molar-refractivity contribution in [3.63, 3.8) is 0 Å². The van der Waals surface area contributed by atoms with E-state index in [0.717, 1.165) is 5.69 Å². The van der Waals surface area contributed by atoms with Crippen molar-refractivity contribution in [2.24, 2.45) is 0 Å².